The summed E-state index contributed by atoms with van der Waals surface area (Å²) < 4.78 is 24.4. The van der Waals surface area contributed by atoms with Gasteiger partial charge >= 0.3 is 0 Å². The second-order valence-corrected chi connectivity index (χ2v) is 8.61. The molecule has 0 spiro atoms. The standard InChI is InChI=1S/C15H19NO2S2/c16-12-13-5-4-8-15(11-13)20(17,18)10-9-19-14-6-2-1-3-7-14/h4-5,8,11,14H,1-3,6-7,9-10H2. The largest absolute Gasteiger partial charge is 0.224 e. The summed E-state index contributed by atoms with van der Waals surface area (Å²) in [6.45, 7) is 0. The van der Waals surface area contributed by atoms with E-state index >= 15 is 0 Å². The number of thioether (sulfide) groups is 1. The van der Waals surface area contributed by atoms with Crippen LogP contribution in [0.5, 0.6) is 0 Å². The van der Waals surface area contributed by atoms with E-state index in [1.54, 1.807) is 30.0 Å². The van der Waals surface area contributed by atoms with E-state index in [-0.39, 0.29) is 10.6 Å². The van der Waals surface area contributed by atoms with Gasteiger partial charge in [0.25, 0.3) is 0 Å². The third-order valence-corrected chi connectivity index (χ3v) is 6.93. The van der Waals surface area contributed by atoms with Crippen LogP contribution in [0.15, 0.2) is 29.2 Å². The lowest BCUT2D eigenvalue weighted by molar-refractivity contribution is 0.516. The fraction of sp³-hybridized carbons (Fsp3) is 0.533. The number of nitriles is 1. The lowest BCUT2D eigenvalue weighted by Gasteiger charge is -2.20. The molecule has 3 nitrogen and oxygen atoms in total. The highest BCUT2D eigenvalue weighted by molar-refractivity contribution is 8.01. The summed E-state index contributed by atoms with van der Waals surface area (Å²) in [5, 5.41) is 9.45. The van der Waals surface area contributed by atoms with Crippen LogP contribution in [0.1, 0.15) is 37.7 Å². The van der Waals surface area contributed by atoms with Crippen molar-refractivity contribution in [2.24, 2.45) is 0 Å². The molecule has 1 aromatic rings. The van der Waals surface area contributed by atoms with Crippen LogP contribution in [0.25, 0.3) is 0 Å². The second-order valence-electron chi connectivity index (χ2n) is 5.09. The van der Waals surface area contributed by atoms with Gasteiger partial charge in [0.05, 0.1) is 22.3 Å². The molecule has 0 radical (unpaired) electrons. The Morgan fingerprint density at radius 1 is 1.25 bits per heavy atom. The predicted octanol–water partition coefficient (Wildman–Crippen LogP) is 3.40. The molecule has 1 aliphatic carbocycles. The highest BCUT2D eigenvalue weighted by Crippen LogP contribution is 2.28. The number of hydrogen-bond acceptors (Lipinski definition) is 4. The molecule has 0 saturated heterocycles. The normalized spacial score (nSPS) is 16.8. The van der Waals surface area contributed by atoms with Crippen LogP contribution < -0.4 is 0 Å². The van der Waals surface area contributed by atoms with Crippen molar-refractivity contribution in [3.63, 3.8) is 0 Å². The summed E-state index contributed by atoms with van der Waals surface area (Å²) in [5.41, 5.74) is 0.394. The number of hydrogen-bond donors (Lipinski definition) is 0. The maximum atomic E-state index is 12.2. The minimum absolute atomic E-state index is 0.156. The van der Waals surface area contributed by atoms with Crippen LogP contribution >= 0.6 is 11.8 Å². The summed E-state index contributed by atoms with van der Waals surface area (Å²) in [6.07, 6.45) is 6.29. The molecule has 0 bridgehead atoms. The molecule has 0 atom stereocenters. The average Bonchev–Trinajstić information content (AvgIpc) is 2.48. The van der Waals surface area contributed by atoms with E-state index < -0.39 is 9.84 Å². The van der Waals surface area contributed by atoms with E-state index in [1.165, 1.54) is 38.2 Å². The Morgan fingerprint density at radius 3 is 2.70 bits per heavy atom. The molecule has 0 amide bonds. The maximum Gasteiger partial charge on any atom is 0.179 e. The van der Waals surface area contributed by atoms with Crippen molar-refractivity contribution in [3.05, 3.63) is 29.8 Å². The van der Waals surface area contributed by atoms with Gasteiger partial charge in [-0.05, 0) is 31.0 Å². The first-order chi connectivity index (χ1) is 9.62. The predicted molar refractivity (Wildman–Crippen MR) is 82.5 cm³/mol. The first-order valence-corrected chi connectivity index (χ1v) is 9.66. The Hall–Kier alpha value is -0.990. The van der Waals surface area contributed by atoms with Crippen LogP contribution in [-0.4, -0.2) is 25.2 Å². The molecule has 0 unspecified atom stereocenters. The number of rotatable bonds is 5. The smallest absolute Gasteiger partial charge is 0.179 e. The molecular formula is C15H19NO2S2. The van der Waals surface area contributed by atoms with Crippen molar-refractivity contribution < 1.29 is 8.42 Å². The van der Waals surface area contributed by atoms with E-state index in [2.05, 4.69) is 0 Å². The molecule has 0 heterocycles. The van der Waals surface area contributed by atoms with E-state index in [1.807, 2.05) is 6.07 Å². The van der Waals surface area contributed by atoms with Gasteiger partial charge in [-0.3, -0.25) is 0 Å². The molecule has 108 valence electrons. The van der Waals surface area contributed by atoms with Crippen molar-refractivity contribution in [2.75, 3.05) is 11.5 Å². The molecule has 1 aliphatic rings. The third kappa shape index (κ3) is 4.26. The van der Waals surface area contributed by atoms with E-state index in [0.29, 0.717) is 16.6 Å². The van der Waals surface area contributed by atoms with Crippen molar-refractivity contribution in [2.45, 2.75) is 42.2 Å². The van der Waals surface area contributed by atoms with Crippen molar-refractivity contribution in [1.29, 1.82) is 5.26 Å². The molecular weight excluding hydrogens is 290 g/mol. The Bertz CT molecular complexity index is 584. The Morgan fingerprint density at radius 2 is 2.00 bits per heavy atom. The molecule has 0 aliphatic heterocycles. The van der Waals surface area contributed by atoms with Gasteiger partial charge in [-0.2, -0.15) is 17.0 Å². The Labute approximate surface area is 125 Å². The summed E-state index contributed by atoms with van der Waals surface area (Å²) >= 11 is 1.78. The molecule has 2 rings (SSSR count). The van der Waals surface area contributed by atoms with Crippen LogP contribution in [0.2, 0.25) is 0 Å². The third-order valence-electron chi connectivity index (χ3n) is 3.58. The molecule has 0 aromatic heterocycles. The Kier molecular flexibility index (Phi) is 5.50. The van der Waals surface area contributed by atoms with Crippen LogP contribution in [0.3, 0.4) is 0 Å². The van der Waals surface area contributed by atoms with Gasteiger partial charge in [0, 0.05) is 11.0 Å². The monoisotopic (exact) mass is 309 g/mol. The maximum absolute atomic E-state index is 12.2. The fourth-order valence-electron chi connectivity index (χ4n) is 2.43. The van der Waals surface area contributed by atoms with Gasteiger partial charge < -0.3 is 0 Å². The lowest BCUT2D eigenvalue weighted by Crippen LogP contribution is -2.13. The number of sulfone groups is 1. The van der Waals surface area contributed by atoms with Gasteiger partial charge in [-0.25, -0.2) is 8.42 Å². The summed E-state index contributed by atoms with van der Waals surface area (Å²) in [7, 11) is -3.27. The van der Waals surface area contributed by atoms with Crippen molar-refractivity contribution in [3.8, 4) is 6.07 Å². The molecule has 1 aromatic carbocycles. The minimum Gasteiger partial charge on any atom is -0.224 e. The highest BCUT2D eigenvalue weighted by Gasteiger charge is 2.18. The Balaban J connectivity index is 1.91. The van der Waals surface area contributed by atoms with E-state index in [9.17, 15) is 8.42 Å². The van der Waals surface area contributed by atoms with Crippen molar-refractivity contribution in [1.82, 2.24) is 0 Å². The van der Waals surface area contributed by atoms with Gasteiger partial charge in [0.2, 0.25) is 0 Å². The van der Waals surface area contributed by atoms with Crippen LogP contribution in [-0.2, 0) is 9.84 Å². The van der Waals surface area contributed by atoms with Gasteiger partial charge in [-0.1, -0.05) is 25.3 Å². The molecule has 1 saturated carbocycles. The van der Waals surface area contributed by atoms with E-state index in [4.69, 9.17) is 5.26 Å². The minimum atomic E-state index is -3.27. The SMILES string of the molecule is N#Cc1cccc(S(=O)(=O)CCSC2CCCCC2)c1. The zero-order valence-electron chi connectivity index (χ0n) is 11.4. The van der Waals surface area contributed by atoms with Gasteiger partial charge in [-0.15, -0.1) is 0 Å². The van der Waals surface area contributed by atoms with Crippen LogP contribution in [0, 0.1) is 11.3 Å². The number of nitrogens with zero attached hydrogens (tertiary/aromatic N) is 1. The average molecular weight is 309 g/mol. The summed E-state index contributed by atoms with van der Waals surface area (Å²) in [5.74, 6) is 0.798. The summed E-state index contributed by atoms with van der Waals surface area (Å²) in [4.78, 5) is 0.265. The quantitative estimate of drug-likeness (QED) is 0.836. The second kappa shape index (κ2) is 7.14. The molecule has 5 heteroatoms. The van der Waals surface area contributed by atoms with Gasteiger partial charge in [0.1, 0.15) is 0 Å². The summed E-state index contributed by atoms with van der Waals surface area (Å²) in [6, 6.07) is 8.25. The van der Waals surface area contributed by atoms with E-state index in [0.717, 1.165) is 0 Å². The molecule has 1 fully saturated rings. The molecule has 0 N–H and O–H groups in total. The first kappa shape index (κ1) is 15.4. The lowest BCUT2D eigenvalue weighted by atomic mass is 10.0. The zero-order chi connectivity index (χ0) is 14.4. The van der Waals surface area contributed by atoms with Crippen LogP contribution in [0.4, 0.5) is 0 Å². The van der Waals surface area contributed by atoms with Gasteiger partial charge in [0.15, 0.2) is 9.84 Å². The number of benzene rings is 1. The fourth-order valence-corrected chi connectivity index (χ4v) is 5.52. The molecule has 20 heavy (non-hydrogen) atoms. The zero-order valence-corrected chi connectivity index (χ0v) is 13.0. The van der Waals surface area contributed by atoms with Crippen molar-refractivity contribution >= 4 is 21.6 Å². The topological polar surface area (TPSA) is 57.9 Å². The highest BCUT2D eigenvalue weighted by atomic mass is 32.2. The first-order valence-electron chi connectivity index (χ1n) is 6.96.